The van der Waals surface area contributed by atoms with Crippen LogP contribution in [0.15, 0.2) is 0 Å². The normalized spacial score (nSPS) is 30.1. The lowest BCUT2D eigenvalue weighted by Gasteiger charge is -2.41. The molecule has 2 atom stereocenters. The van der Waals surface area contributed by atoms with Crippen LogP contribution in [0.25, 0.3) is 0 Å². The molecule has 0 radical (unpaired) electrons. The summed E-state index contributed by atoms with van der Waals surface area (Å²) in [5.74, 6) is -0.769. The zero-order chi connectivity index (χ0) is 13.5. The van der Waals surface area contributed by atoms with Crippen molar-refractivity contribution in [3.63, 3.8) is 0 Å². The van der Waals surface area contributed by atoms with E-state index < -0.39 is 17.1 Å². The van der Waals surface area contributed by atoms with Gasteiger partial charge in [0.2, 0.25) is 0 Å². The fraction of sp³-hybridized carbons (Fsp3) is 0.929. The molecule has 0 amide bonds. The maximum atomic E-state index is 12.1. The summed E-state index contributed by atoms with van der Waals surface area (Å²) in [5, 5.41) is 10.8. The molecule has 3 heteroatoms. The van der Waals surface area contributed by atoms with E-state index in [-0.39, 0.29) is 11.4 Å². The molecule has 1 aliphatic rings. The molecule has 3 nitrogen and oxygen atoms in total. The van der Waals surface area contributed by atoms with Gasteiger partial charge in [0.05, 0.1) is 11.5 Å². The average molecular weight is 242 g/mol. The third-order valence-electron chi connectivity index (χ3n) is 4.01. The first kappa shape index (κ1) is 14.5. The van der Waals surface area contributed by atoms with Crippen molar-refractivity contribution in [2.24, 2.45) is 11.3 Å². The molecule has 0 heterocycles. The quantitative estimate of drug-likeness (QED) is 0.757. The molecule has 0 bridgehead atoms. The molecule has 1 rings (SSSR count). The molecule has 1 saturated carbocycles. The van der Waals surface area contributed by atoms with Gasteiger partial charge in [0.25, 0.3) is 0 Å². The highest BCUT2D eigenvalue weighted by Gasteiger charge is 2.53. The molecule has 1 aliphatic carbocycles. The maximum absolute atomic E-state index is 12.1. The van der Waals surface area contributed by atoms with Crippen molar-refractivity contribution in [1.29, 1.82) is 0 Å². The SMILES string of the molecule is CC(C(=O)OC(C)(C)C)C1(O)CCCC1(C)C. The lowest BCUT2D eigenvalue weighted by Crippen LogP contribution is -2.50. The predicted molar refractivity (Wildman–Crippen MR) is 67.6 cm³/mol. The predicted octanol–water partition coefficient (Wildman–Crippen LogP) is 2.91. The summed E-state index contributed by atoms with van der Waals surface area (Å²) in [6.07, 6.45) is 2.60. The van der Waals surface area contributed by atoms with Crippen LogP contribution in [0.3, 0.4) is 0 Å². The second kappa shape index (κ2) is 4.27. The van der Waals surface area contributed by atoms with Gasteiger partial charge in [-0.05, 0) is 52.4 Å². The van der Waals surface area contributed by atoms with E-state index >= 15 is 0 Å². The van der Waals surface area contributed by atoms with Gasteiger partial charge < -0.3 is 9.84 Å². The molecule has 17 heavy (non-hydrogen) atoms. The number of esters is 1. The Morgan fingerprint density at radius 1 is 1.29 bits per heavy atom. The molecule has 0 spiro atoms. The average Bonchev–Trinajstić information content (AvgIpc) is 2.38. The van der Waals surface area contributed by atoms with Gasteiger partial charge in [0.15, 0.2) is 0 Å². The number of carbonyl (C=O) groups is 1. The van der Waals surface area contributed by atoms with Gasteiger partial charge in [-0.2, -0.15) is 0 Å². The third kappa shape index (κ3) is 2.82. The first-order valence-corrected chi connectivity index (χ1v) is 6.45. The van der Waals surface area contributed by atoms with Gasteiger partial charge in [0.1, 0.15) is 5.60 Å². The molecular formula is C14H26O3. The molecule has 0 saturated heterocycles. The van der Waals surface area contributed by atoms with Crippen LogP contribution in [0.2, 0.25) is 0 Å². The summed E-state index contributed by atoms with van der Waals surface area (Å²) in [6.45, 7) is 11.4. The summed E-state index contributed by atoms with van der Waals surface area (Å²) in [7, 11) is 0. The Kier molecular flexibility index (Phi) is 3.64. The summed E-state index contributed by atoms with van der Waals surface area (Å²) >= 11 is 0. The molecule has 1 N–H and O–H groups in total. The highest BCUT2D eigenvalue weighted by atomic mass is 16.6. The van der Waals surface area contributed by atoms with E-state index in [9.17, 15) is 9.90 Å². The van der Waals surface area contributed by atoms with Crippen molar-refractivity contribution < 1.29 is 14.6 Å². The van der Waals surface area contributed by atoms with Crippen LogP contribution in [-0.4, -0.2) is 22.3 Å². The minimum atomic E-state index is -0.935. The van der Waals surface area contributed by atoms with Crippen LogP contribution in [0.5, 0.6) is 0 Å². The lowest BCUT2D eigenvalue weighted by molar-refractivity contribution is -0.176. The zero-order valence-electron chi connectivity index (χ0n) is 12.0. The molecule has 0 aromatic rings. The van der Waals surface area contributed by atoms with Gasteiger partial charge in [0, 0.05) is 0 Å². The molecule has 0 aromatic carbocycles. The topological polar surface area (TPSA) is 46.5 Å². The van der Waals surface area contributed by atoms with Gasteiger partial charge in [-0.3, -0.25) is 4.79 Å². The van der Waals surface area contributed by atoms with Gasteiger partial charge >= 0.3 is 5.97 Å². The Labute approximate surface area is 105 Å². The molecular weight excluding hydrogens is 216 g/mol. The largest absolute Gasteiger partial charge is 0.460 e. The first-order valence-electron chi connectivity index (χ1n) is 6.45. The van der Waals surface area contributed by atoms with Crippen molar-refractivity contribution in [2.75, 3.05) is 0 Å². The van der Waals surface area contributed by atoms with E-state index in [1.165, 1.54) is 0 Å². The Bertz CT molecular complexity index is 301. The van der Waals surface area contributed by atoms with Crippen molar-refractivity contribution in [3.8, 4) is 0 Å². The minimum absolute atomic E-state index is 0.219. The number of hydrogen-bond donors (Lipinski definition) is 1. The van der Waals surface area contributed by atoms with Crippen LogP contribution in [-0.2, 0) is 9.53 Å². The van der Waals surface area contributed by atoms with E-state index in [1.807, 2.05) is 34.6 Å². The van der Waals surface area contributed by atoms with E-state index in [1.54, 1.807) is 6.92 Å². The summed E-state index contributed by atoms with van der Waals surface area (Å²) in [4.78, 5) is 12.1. The summed E-state index contributed by atoms with van der Waals surface area (Å²) < 4.78 is 5.37. The number of rotatable bonds is 2. The van der Waals surface area contributed by atoms with Crippen LogP contribution in [0.1, 0.15) is 60.8 Å². The molecule has 1 fully saturated rings. The highest BCUT2D eigenvalue weighted by Crippen LogP contribution is 2.50. The molecule has 0 aliphatic heterocycles. The number of ether oxygens (including phenoxy) is 1. The summed E-state index contributed by atoms with van der Waals surface area (Å²) in [5.41, 5.74) is -1.65. The molecule has 2 unspecified atom stereocenters. The van der Waals surface area contributed by atoms with Crippen LogP contribution in [0, 0.1) is 11.3 Å². The van der Waals surface area contributed by atoms with Crippen LogP contribution >= 0.6 is 0 Å². The van der Waals surface area contributed by atoms with E-state index in [2.05, 4.69) is 0 Å². The summed E-state index contributed by atoms with van der Waals surface area (Å²) in [6, 6.07) is 0. The van der Waals surface area contributed by atoms with Crippen molar-refractivity contribution in [1.82, 2.24) is 0 Å². The number of aliphatic hydroxyl groups is 1. The standard InChI is InChI=1S/C14H26O3/c1-10(11(15)17-12(2,3)4)14(16)9-7-8-13(14,5)6/h10,16H,7-9H2,1-6H3. The van der Waals surface area contributed by atoms with Crippen molar-refractivity contribution >= 4 is 5.97 Å². The Hall–Kier alpha value is -0.570. The van der Waals surface area contributed by atoms with E-state index in [4.69, 9.17) is 4.74 Å². The van der Waals surface area contributed by atoms with Crippen LogP contribution in [0.4, 0.5) is 0 Å². The fourth-order valence-electron chi connectivity index (χ4n) is 2.74. The van der Waals surface area contributed by atoms with E-state index in [0.29, 0.717) is 6.42 Å². The van der Waals surface area contributed by atoms with E-state index in [0.717, 1.165) is 12.8 Å². The first-order chi connectivity index (χ1) is 7.50. The maximum Gasteiger partial charge on any atom is 0.312 e. The molecule has 100 valence electrons. The van der Waals surface area contributed by atoms with Gasteiger partial charge in [-0.25, -0.2) is 0 Å². The molecule has 0 aromatic heterocycles. The third-order valence-corrected chi connectivity index (χ3v) is 4.01. The van der Waals surface area contributed by atoms with Gasteiger partial charge in [-0.15, -0.1) is 0 Å². The Morgan fingerprint density at radius 3 is 2.18 bits per heavy atom. The number of hydrogen-bond acceptors (Lipinski definition) is 3. The highest BCUT2D eigenvalue weighted by molar-refractivity contribution is 5.74. The second-order valence-corrected chi connectivity index (χ2v) is 6.92. The van der Waals surface area contributed by atoms with Gasteiger partial charge in [-0.1, -0.05) is 13.8 Å². The van der Waals surface area contributed by atoms with Crippen molar-refractivity contribution in [2.45, 2.75) is 72.0 Å². The Balaban J connectivity index is 2.82. The fourth-order valence-corrected chi connectivity index (χ4v) is 2.74. The van der Waals surface area contributed by atoms with Crippen LogP contribution < -0.4 is 0 Å². The minimum Gasteiger partial charge on any atom is -0.460 e. The second-order valence-electron chi connectivity index (χ2n) is 6.92. The monoisotopic (exact) mass is 242 g/mol. The Morgan fingerprint density at radius 2 is 1.82 bits per heavy atom. The zero-order valence-corrected chi connectivity index (χ0v) is 12.0. The lowest BCUT2D eigenvalue weighted by atomic mass is 9.70. The van der Waals surface area contributed by atoms with Crippen molar-refractivity contribution in [3.05, 3.63) is 0 Å². The number of carbonyl (C=O) groups excluding carboxylic acids is 1. The smallest absolute Gasteiger partial charge is 0.312 e.